The number of ether oxygens (including phenoxy) is 2. The van der Waals surface area contributed by atoms with Gasteiger partial charge in [0.25, 0.3) is 0 Å². The maximum atomic E-state index is 10.5. The van der Waals surface area contributed by atoms with Crippen LogP contribution >= 0.6 is 0 Å². The van der Waals surface area contributed by atoms with Gasteiger partial charge in [-0.2, -0.15) is 5.10 Å². The minimum Gasteiger partial charge on any atom is -0.439 e. The maximum Gasteiger partial charge on any atom is 0.222 e. The second-order valence-corrected chi connectivity index (χ2v) is 8.07. The van der Waals surface area contributed by atoms with E-state index in [1.807, 2.05) is 55.6 Å². The van der Waals surface area contributed by atoms with Crippen LogP contribution in [0.25, 0.3) is 11.3 Å². The molecule has 0 spiro atoms. The summed E-state index contributed by atoms with van der Waals surface area (Å²) >= 11 is 0. The molecular weight excluding hydrogens is 402 g/mol. The van der Waals surface area contributed by atoms with Crippen LogP contribution in [-0.2, 0) is 18.3 Å². The number of terminal acetylenes is 1. The summed E-state index contributed by atoms with van der Waals surface area (Å²) in [5.74, 6) is 3.90. The molecule has 166 valence electrons. The molecule has 1 aliphatic carbocycles. The molecule has 1 saturated carbocycles. The van der Waals surface area contributed by atoms with Gasteiger partial charge < -0.3 is 14.6 Å². The summed E-state index contributed by atoms with van der Waals surface area (Å²) in [6.45, 7) is 1.55. The molecule has 6 heteroatoms. The van der Waals surface area contributed by atoms with Gasteiger partial charge in [-0.1, -0.05) is 54.5 Å². The van der Waals surface area contributed by atoms with Crippen LogP contribution in [-0.4, -0.2) is 51.7 Å². The zero-order valence-electron chi connectivity index (χ0n) is 18.4. The van der Waals surface area contributed by atoms with Crippen molar-refractivity contribution < 1.29 is 14.6 Å². The van der Waals surface area contributed by atoms with Gasteiger partial charge in [0.15, 0.2) is 0 Å². The van der Waals surface area contributed by atoms with E-state index in [-0.39, 0.29) is 13.2 Å². The Morgan fingerprint density at radius 2 is 1.84 bits per heavy atom. The van der Waals surface area contributed by atoms with Crippen LogP contribution in [0.2, 0.25) is 0 Å². The number of aryl methyl sites for hydroxylation is 1. The van der Waals surface area contributed by atoms with Crippen molar-refractivity contribution in [2.45, 2.75) is 31.5 Å². The lowest BCUT2D eigenvalue weighted by Gasteiger charge is -2.25. The lowest BCUT2D eigenvalue weighted by Crippen LogP contribution is -2.36. The molecule has 1 N–H and O–H groups in total. The van der Waals surface area contributed by atoms with E-state index >= 15 is 0 Å². The van der Waals surface area contributed by atoms with Crippen LogP contribution in [0.15, 0.2) is 60.7 Å². The Balaban J connectivity index is 1.63. The Morgan fingerprint density at radius 3 is 2.50 bits per heavy atom. The molecule has 1 fully saturated rings. The number of benzene rings is 2. The third-order valence-corrected chi connectivity index (χ3v) is 5.46. The van der Waals surface area contributed by atoms with Gasteiger partial charge in [0.05, 0.1) is 18.3 Å². The van der Waals surface area contributed by atoms with Crippen LogP contribution in [0.4, 0.5) is 0 Å². The lowest BCUT2D eigenvalue weighted by molar-refractivity contribution is 0.0241. The van der Waals surface area contributed by atoms with E-state index in [1.165, 1.54) is 0 Å². The van der Waals surface area contributed by atoms with Crippen molar-refractivity contribution in [3.8, 4) is 35.2 Å². The second-order valence-electron chi connectivity index (χ2n) is 8.07. The number of aromatic nitrogens is 2. The average molecular weight is 432 g/mol. The lowest BCUT2D eigenvalue weighted by atomic mass is 10.1. The van der Waals surface area contributed by atoms with Gasteiger partial charge >= 0.3 is 0 Å². The highest BCUT2D eigenvalue weighted by Crippen LogP contribution is 2.37. The van der Waals surface area contributed by atoms with Crippen molar-refractivity contribution in [1.29, 1.82) is 0 Å². The quantitative estimate of drug-likeness (QED) is 0.369. The zero-order chi connectivity index (χ0) is 22.3. The summed E-state index contributed by atoms with van der Waals surface area (Å²) in [6, 6.07) is 20.3. The molecular formula is C26H29N3O3. The van der Waals surface area contributed by atoms with E-state index in [2.05, 4.69) is 23.0 Å². The summed E-state index contributed by atoms with van der Waals surface area (Å²) in [5.41, 5.74) is 2.93. The molecule has 32 heavy (non-hydrogen) atoms. The Bertz CT molecular complexity index is 1040. The van der Waals surface area contributed by atoms with Crippen LogP contribution in [0.1, 0.15) is 18.4 Å². The standard InChI is InChI=1S/C26H29N3O3/c1-3-16-31-19-22(30)17-29(21-14-15-21)18-24-25(20-10-6-4-7-11-20)27-28(2)26(24)32-23-12-8-5-9-13-23/h1,4-13,21-22,30H,14-19H2,2H3. The molecule has 3 aromatic rings. The van der Waals surface area contributed by atoms with E-state index in [9.17, 15) is 5.11 Å². The number of rotatable bonds is 11. The first-order chi connectivity index (χ1) is 15.7. The van der Waals surface area contributed by atoms with Gasteiger partial charge in [-0.3, -0.25) is 4.90 Å². The summed E-state index contributed by atoms with van der Waals surface area (Å²) in [7, 11) is 1.90. The van der Waals surface area contributed by atoms with Crippen molar-refractivity contribution in [2.24, 2.45) is 7.05 Å². The van der Waals surface area contributed by atoms with E-state index in [1.54, 1.807) is 4.68 Å². The van der Waals surface area contributed by atoms with Crippen LogP contribution in [0, 0.1) is 12.3 Å². The molecule has 1 heterocycles. The highest BCUT2D eigenvalue weighted by atomic mass is 16.5. The molecule has 0 saturated heterocycles. The first-order valence-corrected chi connectivity index (χ1v) is 10.9. The predicted octanol–water partition coefficient (Wildman–Crippen LogP) is 3.85. The first kappa shape index (κ1) is 22.1. The summed E-state index contributed by atoms with van der Waals surface area (Å²) in [4.78, 5) is 2.30. The number of aliphatic hydroxyl groups is 1. The number of aliphatic hydroxyl groups excluding tert-OH is 1. The van der Waals surface area contributed by atoms with Crippen LogP contribution in [0.3, 0.4) is 0 Å². The third kappa shape index (κ3) is 5.57. The SMILES string of the molecule is C#CCOCC(O)CN(Cc1c(-c2ccccc2)nn(C)c1Oc1ccccc1)C1CC1. The first-order valence-electron chi connectivity index (χ1n) is 10.9. The average Bonchev–Trinajstić information content (AvgIpc) is 3.62. The Labute approximate surface area is 189 Å². The van der Waals surface area contributed by atoms with Gasteiger partial charge in [-0.25, -0.2) is 4.68 Å². The maximum absolute atomic E-state index is 10.5. The molecule has 1 atom stereocenters. The van der Waals surface area contributed by atoms with Gasteiger partial charge in [-0.15, -0.1) is 6.42 Å². The molecule has 1 unspecified atom stereocenters. The minimum absolute atomic E-state index is 0.205. The van der Waals surface area contributed by atoms with E-state index < -0.39 is 6.10 Å². The third-order valence-electron chi connectivity index (χ3n) is 5.46. The Kier molecular flexibility index (Phi) is 7.23. The Hall–Kier alpha value is -3.11. The second kappa shape index (κ2) is 10.5. The Morgan fingerprint density at radius 1 is 1.16 bits per heavy atom. The van der Waals surface area contributed by atoms with E-state index in [0.717, 1.165) is 35.4 Å². The number of nitrogens with zero attached hydrogens (tertiary/aromatic N) is 3. The molecule has 0 aliphatic heterocycles. The predicted molar refractivity (Wildman–Crippen MR) is 124 cm³/mol. The molecule has 0 amide bonds. The van der Waals surface area contributed by atoms with Gasteiger partial charge in [0.1, 0.15) is 18.1 Å². The molecule has 1 aliphatic rings. The molecule has 4 rings (SSSR count). The highest BCUT2D eigenvalue weighted by molar-refractivity contribution is 5.65. The minimum atomic E-state index is -0.612. The summed E-state index contributed by atoms with van der Waals surface area (Å²) in [6.07, 6.45) is 6.87. The molecule has 1 aromatic heterocycles. The fourth-order valence-corrected chi connectivity index (χ4v) is 3.81. The fraction of sp³-hybridized carbons (Fsp3) is 0.346. The topological polar surface area (TPSA) is 59.8 Å². The largest absolute Gasteiger partial charge is 0.439 e. The van der Waals surface area contributed by atoms with Crippen molar-refractivity contribution in [2.75, 3.05) is 19.8 Å². The van der Waals surface area contributed by atoms with Crippen LogP contribution < -0.4 is 4.74 Å². The van der Waals surface area contributed by atoms with Crippen molar-refractivity contribution in [3.63, 3.8) is 0 Å². The fourth-order valence-electron chi connectivity index (χ4n) is 3.81. The number of para-hydroxylation sites is 1. The normalized spacial score (nSPS) is 14.3. The highest BCUT2D eigenvalue weighted by Gasteiger charge is 2.33. The summed E-state index contributed by atoms with van der Waals surface area (Å²) in [5, 5.41) is 15.3. The van der Waals surface area contributed by atoms with Crippen molar-refractivity contribution in [1.82, 2.24) is 14.7 Å². The van der Waals surface area contributed by atoms with E-state index in [0.29, 0.717) is 25.0 Å². The number of hydrogen-bond donors (Lipinski definition) is 1. The zero-order valence-corrected chi connectivity index (χ0v) is 18.4. The number of hydrogen-bond acceptors (Lipinski definition) is 5. The molecule has 2 aromatic carbocycles. The van der Waals surface area contributed by atoms with E-state index in [4.69, 9.17) is 21.0 Å². The molecule has 0 radical (unpaired) electrons. The van der Waals surface area contributed by atoms with Crippen molar-refractivity contribution in [3.05, 3.63) is 66.2 Å². The van der Waals surface area contributed by atoms with Gasteiger partial charge in [0, 0.05) is 31.7 Å². The smallest absolute Gasteiger partial charge is 0.222 e. The molecule has 6 nitrogen and oxygen atoms in total. The van der Waals surface area contributed by atoms with Gasteiger partial charge in [-0.05, 0) is 25.0 Å². The van der Waals surface area contributed by atoms with Crippen molar-refractivity contribution >= 4 is 0 Å². The van der Waals surface area contributed by atoms with Crippen LogP contribution in [0.5, 0.6) is 11.6 Å². The molecule has 0 bridgehead atoms. The summed E-state index contributed by atoms with van der Waals surface area (Å²) < 4.78 is 13.4. The van der Waals surface area contributed by atoms with Gasteiger partial charge in [0.2, 0.25) is 5.88 Å². The monoisotopic (exact) mass is 431 g/mol.